The predicted octanol–water partition coefficient (Wildman–Crippen LogP) is 2.17. The van der Waals surface area contributed by atoms with E-state index in [0.29, 0.717) is 27.9 Å². The number of Topliss-reactive ketones (excluding diaryl/α,β-unsaturated/α-hetero) is 2. The number of aromatic nitrogens is 2. The van der Waals surface area contributed by atoms with Crippen molar-refractivity contribution in [1.82, 2.24) is 9.55 Å². The lowest BCUT2D eigenvalue weighted by Crippen LogP contribution is -2.24. The van der Waals surface area contributed by atoms with Crippen molar-refractivity contribution in [2.45, 2.75) is 27.3 Å². The van der Waals surface area contributed by atoms with Crippen molar-refractivity contribution in [3.63, 3.8) is 0 Å². The van der Waals surface area contributed by atoms with E-state index in [-0.39, 0.29) is 18.0 Å². The monoisotopic (exact) mass is 370 g/mol. The van der Waals surface area contributed by atoms with Gasteiger partial charge in [-0.2, -0.15) is 0 Å². The second-order valence-corrected chi connectivity index (χ2v) is 6.19. The van der Waals surface area contributed by atoms with E-state index in [9.17, 15) is 19.2 Å². The maximum absolute atomic E-state index is 12.3. The van der Waals surface area contributed by atoms with E-state index < -0.39 is 24.1 Å². The van der Waals surface area contributed by atoms with E-state index in [4.69, 9.17) is 9.15 Å². The highest BCUT2D eigenvalue weighted by Crippen LogP contribution is 2.19. The molecule has 0 amide bonds. The van der Waals surface area contributed by atoms with Crippen LogP contribution in [0.25, 0.3) is 11.1 Å². The summed E-state index contributed by atoms with van der Waals surface area (Å²) >= 11 is 0. The number of nitrogens with zero attached hydrogens (tertiary/aromatic N) is 1. The Balaban J connectivity index is 1.70. The van der Waals surface area contributed by atoms with E-state index in [2.05, 4.69) is 4.98 Å². The third-order valence-electron chi connectivity index (χ3n) is 4.29. The largest absolute Gasteiger partial charge is 0.456 e. The van der Waals surface area contributed by atoms with Crippen molar-refractivity contribution in [1.29, 1.82) is 0 Å². The van der Waals surface area contributed by atoms with Gasteiger partial charge in [-0.25, -0.2) is 4.79 Å². The first-order chi connectivity index (χ1) is 12.8. The number of nitrogens with one attached hydrogen (secondary N) is 1. The molecule has 0 radical (unpaired) electrons. The molecule has 1 N–H and O–H groups in total. The van der Waals surface area contributed by atoms with Gasteiger partial charge in [-0.05, 0) is 38.5 Å². The minimum absolute atomic E-state index is 0.150. The van der Waals surface area contributed by atoms with Gasteiger partial charge in [0.15, 0.2) is 18.0 Å². The molecule has 2 heterocycles. The number of ketones is 2. The molecule has 0 aliphatic rings. The molecule has 0 bridgehead atoms. The molecule has 8 heteroatoms. The summed E-state index contributed by atoms with van der Waals surface area (Å²) in [5, 5.41) is 0. The van der Waals surface area contributed by atoms with Gasteiger partial charge < -0.3 is 14.1 Å². The summed E-state index contributed by atoms with van der Waals surface area (Å²) in [6.07, 6.45) is 0. The Labute approximate surface area is 153 Å². The lowest BCUT2D eigenvalue weighted by Gasteiger charge is -2.05. The quantitative estimate of drug-likeness (QED) is 0.526. The number of benzene rings is 1. The molecule has 140 valence electrons. The van der Waals surface area contributed by atoms with E-state index in [1.165, 1.54) is 6.92 Å². The minimum atomic E-state index is -0.746. The van der Waals surface area contributed by atoms with E-state index in [1.54, 1.807) is 38.1 Å². The van der Waals surface area contributed by atoms with Crippen LogP contribution in [-0.2, 0) is 16.1 Å². The maximum atomic E-state index is 12.3. The Bertz CT molecular complexity index is 1120. The molecule has 27 heavy (non-hydrogen) atoms. The molecular weight excluding hydrogens is 352 g/mol. The van der Waals surface area contributed by atoms with Gasteiger partial charge in [0.05, 0.1) is 11.2 Å². The molecule has 0 saturated heterocycles. The lowest BCUT2D eigenvalue weighted by molar-refractivity contribution is -0.143. The van der Waals surface area contributed by atoms with Gasteiger partial charge in [0.25, 0.3) is 0 Å². The molecule has 2 aromatic heterocycles. The Kier molecular flexibility index (Phi) is 4.81. The Hall–Kier alpha value is -3.42. The number of esters is 1. The van der Waals surface area contributed by atoms with Crippen molar-refractivity contribution >= 4 is 28.6 Å². The van der Waals surface area contributed by atoms with Crippen molar-refractivity contribution < 1.29 is 23.5 Å². The fourth-order valence-electron chi connectivity index (χ4n) is 3.11. The molecule has 0 fully saturated rings. The second-order valence-electron chi connectivity index (χ2n) is 6.19. The van der Waals surface area contributed by atoms with Crippen molar-refractivity contribution in [3.8, 4) is 0 Å². The molecule has 0 aliphatic carbocycles. The van der Waals surface area contributed by atoms with Crippen LogP contribution in [0.4, 0.5) is 0 Å². The standard InChI is InChI=1S/C19H18N2O6/c1-10-17(12(3)22)11(2)20-18(10)14(23)9-26-16(24)8-21-13-6-4-5-7-15(13)27-19(21)25/h4-7,20H,8-9H2,1-3H3. The van der Waals surface area contributed by atoms with Crippen LogP contribution >= 0.6 is 0 Å². The number of rotatable bonds is 6. The Morgan fingerprint density at radius 1 is 1.19 bits per heavy atom. The summed E-state index contributed by atoms with van der Waals surface area (Å²) in [5.74, 6) is -2.03. The van der Waals surface area contributed by atoms with Gasteiger partial charge in [-0.15, -0.1) is 0 Å². The smallest absolute Gasteiger partial charge is 0.420 e. The number of para-hydroxylation sites is 2. The van der Waals surface area contributed by atoms with Crippen LogP contribution in [0.15, 0.2) is 33.5 Å². The highest BCUT2D eigenvalue weighted by Gasteiger charge is 2.21. The topological polar surface area (TPSA) is 111 Å². The molecule has 0 aliphatic heterocycles. The third-order valence-corrected chi connectivity index (χ3v) is 4.29. The van der Waals surface area contributed by atoms with Crippen molar-refractivity contribution in [3.05, 3.63) is 57.3 Å². The highest BCUT2D eigenvalue weighted by molar-refractivity contribution is 6.04. The van der Waals surface area contributed by atoms with E-state index in [0.717, 1.165) is 4.57 Å². The predicted molar refractivity (Wildman–Crippen MR) is 96.0 cm³/mol. The number of carbonyl (C=O) groups excluding carboxylic acids is 3. The molecule has 1 aromatic carbocycles. The summed E-state index contributed by atoms with van der Waals surface area (Å²) in [5.41, 5.74) is 2.63. The number of fused-ring (bicyclic) bond motifs is 1. The zero-order valence-corrected chi connectivity index (χ0v) is 15.1. The number of aromatic amines is 1. The summed E-state index contributed by atoms with van der Waals surface area (Å²) in [6, 6.07) is 6.69. The first kappa shape index (κ1) is 18.4. The maximum Gasteiger partial charge on any atom is 0.420 e. The molecule has 0 spiro atoms. The van der Waals surface area contributed by atoms with Gasteiger partial charge in [-0.1, -0.05) is 12.1 Å². The lowest BCUT2D eigenvalue weighted by atomic mass is 10.1. The van der Waals surface area contributed by atoms with Crippen LogP contribution < -0.4 is 5.76 Å². The Morgan fingerprint density at radius 3 is 2.56 bits per heavy atom. The fourth-order valence-corrected chi connectivity index (χ4v) is 3.11. The first-order valence-corrected chi connectivity index (χ1v) is 8.27. The Morgan fingerprint density at radius 2 is 1.89 bits per heavy atom. The van der Waals surface area contributed by atoms with Crippen LogP contribution in [0.1, 0.15) is 39.0 Å². The number of ether oxygens (including phenoxy) is 1. The van der Waals surface area contributed by atoms with Gasteiger partial charge in [0, 0.05) is 11.3 Å². The number of hydrogen-bond acceptors (Lipinski definition) is 6. The minimum Gasteiger partial charge on any atom is -0.456 e. The number of H-pyrrole nitrogens is 1. The molecular formula is C19H18N2O6. The average Bonchev–Trinajstić information content (AvgIpc) is 3.09. The summed E-state index contributed by atoms with van der Waals surface area (Å²) in [7, 11) is 0. The molecule has 0 unspecified atom stereocenters. The van der Waals surface area contributed by atoms with E-state index >= 15 is 0 Å². The molecule has 3 aromatic rings. The van der Waals surface area contributed by atoms with Crippen LogP contribution in [0, 0.1) is 13.8 Å². The zero-order valence-electron chi connectivity index (χ0n) is 15.1. The highest BCUT2D eigenvalue weighted by atomic mass is 16.5. The molecule has 0 saturated carbocycles. The van der Waals surface area contributed by atoms with Crippen LogP contribution in [0.3, 0.4) is 0 Å². The van der Waals surface area contributed by atoms with Gasteiger partial charge in [0.2, 0.25) is 5.78 Å². The zero-order chi connectivity index (χ0) is 19.7. The van der Waals surface area contributed by atoms with Gasteiger partial charge in [-0.3, -0.25) is 19.0 Å². The first-order valence-electron chi connectivity index (χ1n) is 8.27. The normalized spacial score (nSPS) is 10.9. The van der Waals surface area contributed by atoms with Crippen LogP contribution in [0.5, 0.6) is 0 Å². The van der Waals surface area contributed by atoms with Crippen LogP contribution in [0.2, 0.25) is 0 Å². The van der Waals surface area contributed by atoms with Gasteiger partial charge in [0.1, 0.15) is 6.54 Å². The summed E-state index contributed by atoms with van der Waals surface area (Å²) in [6.45, 7) is 3.91. The number of carbonyl (C=O) groups is 3. The SMILES string of the molecule is CC(=O)c1c(C)[nH]c(C(=O)COC(=O)Cn2c(=O)oc3ccccc32)c1C. The third kappa shape index (κ3) is 3.46. The van der Waals surface area contributed by atoms with Crippen molar-refractivity contribution in [2.75, 3.05) is 6.61 Å². The van der Waals surface area contributed by atoms with E-state index in [1.807, 2.05) is 0 Å². The summed E-state index contributed by atoms with van der Waals surface area (Å²) < 4.78 is 11.2. The number of aryl methyl sites for hydroxylation is 1. The number of oxazole rings is 1. The molecule has 0 atom stereocenters. The summed E-state index contributed by atoms with van der Waals surface area (Å²) in [4.78, 5) is 50.8. The van der Waals surface area contributed by atoms with Crippen LogP contribution in [-0.4, -0.2) is 33.7 Å². The van der Waals surface area contributed by atoms with Gasteiger partial charge >= 0.3 is 11.7 Å². The molecule has 3 rings (SSSR count). The number of hydrogen-bond donors (Lipinski definition) is 1. The average molecular weight is 370 g/mol. The second kappa shape index (κ2) is 7.06. The van der Waals surface area contributed by atoms with Crippen molar-refractivity contribution in [2.24, 2.45) is 0 Å². The fraction of sp³-hybridized carbons (Fsp3) is 0.263. The molecule has 8 nitrogen and oxygen atoms in total.